The number of rotatable bonds is 4. The molecule has 0 atom stereocenters. The minimum atomic E-state index is -3.54. The smallest absolute Gasteiger partial charge is 0.232 e. The molecule has 1 aliphatic heterocycles. The van der Waals surface area contributed by atoms with E-state index < -0.39 is 15.8 Å². The summed E-state index contributed by atoms with van der Waals surface area (Å²) >= 11 is 1.24. The first-order chi connectivity index (χ1) is 14.6. The second kappa shape index (κ2) is 8.69. The minimum Gasteiger partial charge on any atom is -0.279 e. The number of aliphatic imine (C=N–C) groups is 2. The van der Waals surface area contributed by atoms with Crippen LogP contribution in [0.5, 0.6) is 0 Å². The summed E-state index contributed by atoms with van der Waals surface area (Å²) in [6.07, 6.45) is 7.97. The maximum absolute atomic E-state index is 15.8. The van der Waals surface area contributed by atoms with Crippen LogP contribution < -0.4 is 4.31 Å². The molecule has 2 aromatic rings. The van der Waals surface area contributed by atoms with Gasteiger partial charge in [-0.2, -0.15) is 0 Å². The average molecular weight is 456 g/mol. The van der Waals surface area contributed by atoms with Crippen molar-refractivity contribution < 1.29 is 12.8 Å². The molecule has 1 heterocycles. The Hall–Kier alpha value is -2.89. The van der Waals surface area contributed by atoms with E-state index in [0.717, 1.165) is 17.4 Å². The first kappa shape index (κ1) is 22.8. The van der Waals surface area contributed by atoms with Crippen molar-refractivity contribution in [1.29, 1.82) is 0 Å². The van der Waals surface area contributed by atoms with Crippen molar-refractivity contribution >= 4 is 37.6 Å². The number of sulfonamides is 1. The van der Waals surface area contributed by atoms with E-state index in [2.05, 4.69) is 15.9 Å². The van der Waals surface area contributed by atoms with E-state index in [1.54, 1.807) is 37.4 Å². The molecule has 5 nitrogen and oxygen atoms in total. The molecule has 1 aliphatic rings. The summed E-state index contributed by atoms with van der Waals surface area (Å²) in [5, 5.41) is 1.06. The molecule has 0 amide bonds. The van der Waals surface area contributed by atoms with Crippen LogP contribution in [0.3, 0.4) is 0 Å². The zero-order valence-corrected chi connectivity index (χ0v) is 19.5. The lowest BCUT2D eigenvalue weighted by molar-refractivity contribution is 0.600. The van der Waals surface area contributed by atoms with Gasteiger partial charge in [0.1, 0.15) is 21.6 Å². The molecular formula is C23H22FN3O2S2. The van der Waals surface area contributed by atoms with Crippen LogP contribution in [0.25, 0.3) is 11.1 Å². The van der Waals surface area contributed by atoms with Crippen LogP contribution in [0.1, 0.15) is 16.7 Å². The van der Waals surface area contributed by atoms with Crippen LogP contribution in [-0.2, 0) is 10.0 Å². The summed E-state index contributed by atoms with van der Waals surface area (Å²) < 4.78 is 41.4. The van der Waals surface area contributed by atoms with Gasteiger partial charge < -0.3 is 0 Å². The van der Waals surface area contributed by atoms with Crippen LogP contribution in [0.15, 0.2) is 52.1 Å². The Morgan fingerprint density at radius 1 is 1.19 bits per heavy atom. The van der Waals surface area contributed by atoms with Crippen molar-refractivity contribution in [1.82, 2.24) is 0 Å². The van der Waals surface area contributed by atoms with Gasteiger partial charge in [0.25, 0.3) is 0 Å². The topological polar surface area (TPSA) is 62.1 Å². The molecule has 3 rings (SSSR count). The lowest BCUT2D eigenvalue weighted by Gasteiger charge is -2.22. The highest BCUT2D eigenvalue weighted by Gasteiger charge is 2.26. The molecule has 8 heteroatoms. The third-order valence-corrected chi connectivity index (χ3v) is 7.31. The number of anilines is 1. The quantitative estimate of drug-likeness (QED) is 0.636. The molecule has 0 aliphatic carbocycles. The van der Waals surface area contributed by atoms with Gasteiger partial charge in [-0.1, -0.05) is 18.1 Å². The molecule has 0 aromatic heterocycles. The first-order valence-electron chi connectivity index (χ1n) is 9.32. The maximum Gasteiger partial charge on any atom is 0.232 e. The Labute approximate surface area is 186 Å². The van der Waals surface area contributed by atoms with Gasteiger partial charge in [-0.3, -0.25) is 9.30 Å². The third kappa shape index (κ3) is 4.43. The Morgan fingerprint density at radius 3 is 2.45 bits per heavy atom. The number of thioether (sulfide) groups is 1. The van der Waals surface area contributed by atoms with Gasteiger partial charge in [0.2, 0.25) is 10.0 Å². The van der Waals surface area contributed by atoms with Crippen LogP contribution in [0.4, 0.5) is 10.1 Å². The molecule has 0 spiro atoms. The molecule has 0 saturated heterocycles. The molecular weight excluding hydrogens is 433 g/mol. The van der Waals surface area contributed by atoms with Gasteiger partial charge in [0, 0.05) is 36.9 Å². The number of hydrogen-bond acceptors (Lipinski definition) is 5. The van der Waals surface area contributed by atoms with Crippen molar-refractivity contribution in [2.75, 3.05) is 24.7 Å². The van der Waals surface area contributed by atoms with Crippen molar-refractivity contribution in [3.8, 4) is 23.5 Å². The number of terminal acetylenes is 1. The van der Waals surface area contributed by atoms with Gasteiger partial charge in [-0.05, 0) is 54.9 Å². The fraction of sp³-hybridized carbons (Fsp3) is 0.217. The number of nitrogens with zero attached hydrogens (tertiary/aromatic N) is 3. The maximum atomic E-state index is 15.8. The molecule has 0 saturated carbocycles. The number of benzene rings is 2. The molecule has 0 unspecified atom stereocenters. The van der Waals surface area contributed by atoms with Gasteiger partial charge in [-0.15, -0.1) is 6.42 Å². The highest BCUT2D eigenvalue weighted by Crippen LogP contribution is 2.38. The van der Waals surface area contributed by atoms with Gasteiger partial charge in [0.15, 0.2) is 0 Å². The summed E-state index contributed by atoms with van der Waals surface area (Å²) in [7, 11) is -0.452. The predicted octanol–water partition coefficient (Wildman–Crippen LogP) is 4.54. The van der Waals surface area contributed by atoms with E-state index in [1.165, 1.54) is 29.2 Å². The molecule has 0 N–H and O–H groups in total. The van der Waals surface area contributed by atoms with Crippen LogP contribution in [0.2, 0.25) is 0 Å². The summed E-state index contributed by atoms with van der Waals surface area (Å²) in [4.78, 5) is 8.61. The number of allylic oxidation sites excluding steroid dienone is 1. The van der Waals surface area contributed by atoms with E-state index in [1.807, 2.05) is 13.8 Å². The number of aryl methyl sites for hydroxylation is 2. The molecule has 0 radical (unpaired) electrons. The molecule has 31 heavy (non-hydrogen) atoms. The van der Waals surface area contributed by atoms with E-state index in [9.17, 15) is 8.42 Å². The fourth-order valence-electron chi connectivity index (χ4n) is 3.13. The lowest BCUT2D eigenvalue weighted by atomic mass is 9.96. The highest BCUT2D eigenvalue weighted by molar-refractivity contribution is 8.27. The summed E-state index contributed by atoms with van der Waals surface area (Å²) in [5.41, 5.74) is 3.84. The summed E-state index contributed by atoms with van der Waals surface area (Å²) in [6, 6.07) is 8.56. The normalized spacial score (nSPS) is 16.5. The number of hydrogen-bond donors (Lipinski definition) is 0. The second-order valence-corrected chi connectivity index (χ2v) is 10.1. The first-order valence-corrected chi connectivity index (χ1v) is 12.0. The van der Waals surface area contributed by atoms with Crippen LogP contribution >= 0.6 is 11.8 Å². The van der Waals surface area contributed by atoms with Crippen LogP contribution in [0, 0.1) is 32.0 Å². The average Bonchev–Trinajstić information content (AvgIpc) is 3.12. The van der Waals surface area contributed by atoms with Crippen molar-refractivity contribution in [2.24, 2.45) is 9.98 Å². The molecule has 2 aromatic carbocycles. The SMILES string of the molecule is C#CC=C1N=C(c2cccc(-c3cc(C)c(C)cc3N(C)S(C)(=O)=O)c2F)SC1=NC. The molecule has 0 bridgehead atoms. The lowest BCUT2D eigenvalue weighted by Crippen LogP contribution is -2.25. The third-order valence-electron chi connectivity index (χ3n) is 5.03. The zero-order chi connectivity index (χ0) is 22.9. The van der Waals surface area contributed by atoms with E-state index >= 15 is 4.39 Å². The predicted molar refractivity (Wildman–Crippen MR) is 129 cm³/mol. The largest absolute Gasteiger partial charge is 0.279 e. The van der Waals surface area contributed by atoms with Gasteiger partial charge >= 0.3 is 0 Å². The van der Waals surface area contributed by atoms with E-state index in [4.69, 9.17) is 6.42 Å². The monoisotopic (exact) mass is 455 g/mol. The summed E-state index contributed by atoms with van der Waals surface area (Å²) in [5.74, 6) is 1.94. The highest BCUT2D eigenvalue weighted by atomic mass is 32.2. The Bertz CT molecular complexity index is 1300. The van der Waals surface area contributed by atoms with Crippen molar-refractivity contribution in [3.63, 3.8) is 0 Å². The van der Waals surface area contributed by atoms with E-state index in [0.29, 0.717) is 38.2 Å². The van der Waals surface area contributed by atoms with Crippen LogP contribution in [-0.4, -0.2) is 38.9 Å². The Balaban J connectivity index is 2.22. The van der Waals surface area contributed by atoms with Crippen molar-refractivity contribution in [3.05, 3.63) is 64.6 Å². The fourth-order valence-corrected chi connectivity index (χ4v) is 4.54. The second-order valence-electron chi connectivity index (χ2n) is 7.10. The van der Waals surface area contributed by atoms with Gasteiger partial charge in [-0.25, -0.2) is 17.8 Å². The number of halogens is 1. The Morgan fingerprint density at radius 2 is 1.84 bits per heavy atom. The van der Waals surface area contributed by atoms with Gasteiger partial charge in [0.05, 0.1) is 11.9 Å². The standard InChI is InChI=1S/C23H22FN3O2S2/c1-7-9-19-23(25-4)30-22(26-19)17-11-8-10-16(21(17)24)18-12-14(2)15(3)13-20(18)27(5)31(6,28)29/h1,8-13H,2-6H3. The molecule has 0 fully saturated rings. The minimum absolute atomic E-state index is 0.291. The van der Waals surface area contributed by atoms with E-state index in [-0.39, 0.29) is 0 Å². The Kier molecular flexibility index (Phi) is 6.39. The molecule has 160 valence electrons. The zero-order valence-electron chi connectivity index (χ0n) is 17.9. The summed E-state index contributed by atoms with van der Waals surface area (Å²) in [6.45, 7) is 3.79. The van der Waals surface area contributed by atoms with Crippen molar-refractivity contribution in [2.45, 2.75) is 13.8 Å².